The van der Waals surface area contributed by atoms with Gasteiger partial charge in [-0.05, 0) is 38.2 Å². The average molecular weight is 316 g/mol. The molecule has 1 aromatic rings. The van der Waals surface area contributed by atoms with Crippen molar-refractivity contribution in [1.29, 1.82) is 0 Å². The van der Waals surface area contributed by atoms with Crippen molar-refractivity contribution in [3.63, 3.8) is 0 Å². The second-order valence-electron chi connectivity index (χ2n) is 7.20. The predicted octanol–water partition coefficient (Wildman–Crippen LogP) is 2.98. The minimum atomic E-state index is -0.825. The SMILES string of the molecule is CC(C)CNC(=O)C1(C(=O)N(Cc2ccccc2)C(C)C)CC1. The van der Waals surface area contributed by atoms with Gasteiger partial charge in [0.05, 0.1) is 0 Å². The quantitative estimate of drug-likeness (QED) is 0.786. The van der Waals surface area contributed by atoms with E-state index < -0.39 is 5.41 Å². The molecule has 1 fully saturated rings. The molecule has 1 saturated carbocycles. The standard InChI is InChI=1S/C19H28N2O2/c1-14(2)12-20-17(22)19(10-11-19)18(23)21(15(3)4)13-16-8-6-5-7-9-16/h5-9,14-15H,10-13H2,1-4H3,(H,20,22). The number of hydrogen-bond donors (Lipinski definition) is 1. The normalized spacial score (nSPS) is 15.6. The first kappa shape index (κ1) is 17.5. The summed E-state index contributed by atoms with van der Waals surface area (Å²) < 4.78 is 0. The molecule has 2 amide bonds. The molecule has 1 aliphatic carbocycles. The van der Waals surface area contributed by atoms with E-state index in [0.717, 1.165) is 5.56 Å². The van der Waals surface area contributed by atoms with E-state index >= 15 is 0 Å². The van der Waals surface area contributed by atoms with Crippen molar-refractivity contribution in [2.45, 2.75) is 53.1 Å². The van der Waals surface area contributed by atoms with Gasteiger partial charge in [-0.1, -0.05) is 44.2 Å². The Labute approximate surface area is 139 Å². The van der Waals surface area contributed by atoms with E-state index in [-0.39, 0.29) is 17.9 Å². The first-order valence-electron chi connectivity index (χ1n) is 8.50. The van der Waals surface area contributed by atoms with Gasteiger partial charge in [0, 0.05) is 19.1 Å². The molecule has 0 unspecified atom stereocenters. The van der Waals surface area contributed by atoms with Gasteiger partial charge in [0.2, 0.25) is 11.8 Å². The molecule has 0 atom stereocenters. The molecular weight excluding hydrogens is 288 g/mol. The number of benzene rings is 1. The van der Waals surface area contributed by atoms with E-state index in [4.69, 9.17) is 0 Å². The molecule has 23 heavy (non-hydrogen) atoms. The van der Waals surface area contributed by atoms with Crippen LogP contribution < -0.4 is 5.32 Å². The Morgan fingerprint density at radius 3 is 2.22 bits per heavy atom. The van der Waals surface area contributed by atoms with E-state index in [1.165, 1.54) is 0 Å². The van der Waals surface area contributed by atoms with Crippen LogP contribution in [0, 0.1) is 11.3 Å². The van der Waals surface area contributed by atoms with Gasteiger partial charge in [0.25, 0.3) is 0 Å². The molecule has 1 N–H and O–H groups in total. The Balaban J connectivity index is 2.10. The van der Waals surface area contributed by atoms with Crippen LogP contribution in [0.2, 0.25) is 0 Å². The highest BCUT2D eigenvalue weighted by atomic mass is 16.2. The molecule has 4 heteroatoms. The summed E-state index contributed by atoms with van der Waals surface area (Å²) in [6, 6.07) is 10.0. The second-order valence-corrected chi connectivity index (χ2v) is 7.20. The zero-order valence-corrected chi connectivity index (χ0v) is 14.6. The van der Waals surface area contributed by atoms with Gasteiger partial charge in [0.15, 0.2) is 0 Å². The number of nitrogens with zero attached hydrogens (tertiary/aromatic N) is 1. The lowest BCUT2D eigenvalue weighted by atomic mass is 10.0. The molecule has 0 saturated heterocycles. The smallest absolute Gasteiger partial charge is 0.238 e. The van der Waals surface area contributed by atoms with Gasteiger partial charge in [-0.25, -0.2) is 0 Å². The van der Waals surface area contributed by atoms with Gasteiger partial charge in [0.1, 0.15) is 5.41 Å². The minimum absolute atomic E-state index is 0.0300. The van der Waals surface area contributed by atoms with Gasteiger partial charge in [-0.3, -0.25) is 9.59 Å². The third kappa shape index (κ3) is 4.12. The summed E-state index contributed by atoms with van der Waals surface area (Å²) in [6.45, 7) is 9.28. The fraction of sp³-hybridized carbons (Fsp3) is 0.579. The Morgan fingerprint density at radius 1 is 1.13 bits per heavy atom. The van der Waals surface area contributed by atoms with E-state index in [9.17, 15) is 9.59 Å². The Hall–Kier alpha value is -1.84. The number of amides is 2. The summed E-state index contributed by atoms with van der Waals surface area (Å²) in [4.78, 5) is 27.3. The van der Waals surface area contributed by atoms with Crippen LogP contribution in [0.15, 0.2) is 30.3 Å². The summed E-state index contributed by atoms with van der Waals surface area (Å²) >= 11 is 0. The highest BCUT2D eigenvalue weighted by molar-refractivity contribution is 6.07. The van der Waals surface area contributed by atoms with Crippen molar-refractivity contribution in [2.24, 2.45) is 11.3 Å². The zero-order chi connectivity index (χ0) is 17.0. The van der Waals surface area contributed by atoms with Crippen molar-refractivity contribution in [3.8, 4) is 0 Å². The number of nitrogens with one attached hydrogen (secondary N) is 1. The topological polar surface area (TPSA) is 49.4 Å². The first-order chi connectivity index (χ1) is 10.9. The van der Waals surface area contributed by atoms with E-state index in [1.807, 2.05) is 49.1 Å². The van der Waals surface area contributed by atoms with Crippen molar-refractivity contribution in [3.05, 3.63) is 35.9 Å². The van der Waals surface area contributed by atoms with Crippen LogP contribution in [0.5, 0.6) is 0 Å². The summed E-state index contributed by atoms with van der Waals surface area (Å²) in [5.74, 6) is 0.253. The summed E-state index contributed by atoms with van der Waals surface area (Å²) in [7, 11) is 0. The molecule has 1 aromatic carbocycles. The molecule has 0 aromatic heterocycles. The molecule has 0 spiro atoms. The maximum atomic E-state index is 13.0. The highest BCUT2D eigenvalue weighted by Crippen LogP contribution is 2.48. The third-order valence-electron chi connectivity index (χ3n) is 4.34. The average Bonchev–Trinajstić information content (AvgIpc) is 3.32. The van der Waals surface area contributed by atoms with Crippen LogP contribution in [-0.4, -0.2) is 29.3 Å². The van der Waals surface area contributed by atoms with E-state index in [0.29, 0.717) is 31.8 Å². The maximum absolute atomic E-state index is 13.0. The zero-order valence-electron chi connectivity index (χ0n) is 14.6. The number of carbonyl (C=O) groups excluding carboxylic acids is 2. The molecule has 0 heterocycles. The molecular formula is C19H28N2O2. The van der Waals surface area contributed by atoms with Crippen LogP contribution >= 0.6 is 0 Å². The van der Waals surface area contributed by atoms with Crippen LogP contribution in [0.4, 0.5) is 0 Å². The number of carbonyl (C=O) groups is 2. The number of rotatable bonds is 7. The van der Waals surface area contributed by atoms with Crippen molar-refractivity contribution < 1.29 is 9.59 Å². The van der Waals surface area contributed by atoms with Crippen LogP contribution in [0.3, 0.4) is 0 Å². The van der Waals surface area contributed by atoms with E-state index in [1.54, 1.807) is 0 Å². The molecule has 4 nitrogen and oxygen atoms in total. The van der Waals surface area contributed by atoms with Crippen molar-refractivity contribution in [2.75, 3.05) is 6.54 Å². The third-order valence-corrected chi connectivity index (χ3v) is 4.34. The fourth-order valence-corrected chi connectivity index (χ4v) is 2.67. The van der Waals surface area contributed by atoms with Crippen molar-refractivity contribution in [1.82, 2.24) is 10.2 Å². The largest absolute Gasteiger partial charge is 0.355 e. The van der Waals surface area contributed by atoms with Crippen LogP contribution in [0.25, 0.3) is 0 Å². The van der Waals surface area contributed by atoms with Gasteiger partial charge < -0.3 is 10.2 Å². The Bertz CT molecular complexity index is 548. The molecule has 0 radical (unpaired) electrons. The summed E-state index contributed by atoms with van der Waals surface area (Å²) in [5, 5.41) is 2.94. The fourth-order valence-electron chi connectivity index (χ4n) is 2.67. The lowest BCUT2D eigenvalue weighted by molar-refractivity contribution is -0.146. The minimum Gasteiger partial charge on any atom is -0.355 e. The van der Waals surface area contributed by atoms with Crippen LogP contribution in [-0.2, 0) is 16.1 Å². The maximum Gasteiger partial charge on any atom is 0.238 e. The molecule has 2 rings (SSSR count). The summed E-state index contributed by atoms with van der Waals surface area (Å²) in [6.07, 6.45) is 1.32. The first-order valence-corrected chi connectivity index (χ1v) is 8.50. The van der Waals surface area contributed by atoms with Gasteiger partial charge >= 0.3 is 0 Å². The van der Waals surface area contributed by atoms with Crippen LogP contribution in [0.1, 0.15) is 46.1 Å². The van der Waals surface area contributed by atoms with Gasteiger partial charge in [-0.15, -0.1) is 0 Å². The van der Waals surface area contributed by atoms with Gasteiger partial charge in [-0.2, -0.15) is 0 Å². The number of hydrogen-bond acceptors (Lipinski definition) is 2. The van der Waals surface area contributed by atoms with E-state index in [2.05, 4.69) is 19.2 Å². The van der Waals surface area contributed by atoms with Crippen molar-refractivity contribution >= 4 is 11.8 Å². The Kier molecular flexibility index (Phi) is 5.45. The summed E-state index contributed by atoms with van der Waals surface area (Å²) in [5.41, 5.74) is 0.265. The highest BCUT2D eigenvalue weighted by Gasteiger charge is 2.58. The molecule has 126 valence electrons. The molecule has 0 aliphatic heterocycles. The molecule has 1 aliphatic rings. The monoisotopic (exact) mass is 316 g/mol. The molecule has 0 bridgehead atoms. The lowest BCUT2D eigenvalue weighted by Gasteiger charge is -2.30. The second kappa shape index (κ2) is 7.16. The Morgan fingerprint density at radius 2 is 1.74 bits per heavy atom. The lowest BCUT2D eigenvalue weighted by Crippen LogP contribution is -2.48. The predicted molar refractivity (Wildman–Crippen MR) is 91.6 cm³/mol.